The lowest BCUT2D eigenvalue weighted by atomic mass is 10.2. The molecular formula is C15H16N2O2. The standard InChI is InChI=1S/C15H16N2O2/c1-10-8-13(11(2)17(10)3)9-16-14-6-4-12(5-7-14)15(18)19/h4-9H,1-3H3,(H,18,19). The van der Waals surface area contributed by atoms with Crippen molar-refractivity contribution in [3.8, 4) is 0 Å². The first-order chi connectivity index (χ1) is 8.99. The number of hydrogen-bond acceptors (Lipinski definition) is 2. The summed E-state index contributed by atoms with van der Waals surface area (Å²) in [4.78, 5) is 15.1. The molecule has 0 saturated carbocycles. The highest BCUT2D eigenvalue weighted by Crippen LogP contribution is 2.15. The van der Waals surface area contributed by atoms with E-state index >= 15 is 0 Å². The molecule has 0 aliphatic heterocycles. The van der Waals surface area contributed by atoms with Crippen molar-refractivity contribution >= 4 is 17.9 Å². The van der Waals surface area contributed by atoms with Crippen LogP contribution in [-0.4, -0.2) is 21.9 Å². The summed E-state index contributed by atoms with van der Waals surface area (Å²) >= 11 is 0. The van der Waals surface area contributed by atoms with Crippen LogP contribution in [0, 0.1) is 13.8 Å². The van der Waals surface area contributed by atoms with Gasteiger partial charge in [-0.3, -0.25) is 4.99 Å². The van der Waals surface area contributed by atoms with Crippen LogP contribution in [0.3, 0.4) is 0 Å². The molecule has 98 valence electrons. The average Bonchev–Trinajstić information content (AvgIpc) is 2.64. The van der Waals surface area contributed by atoms with Crippen LogP contribution < -0.4 is 0 Å². The third kappa shape index (κ3) is 2.73. The Kier molecular flexibility index (Phi) is 3.51. The van der Waals surface area contributed by atoms with E-state index in [9.17, 15) is 4.79 Å². The average molecular weight is 256 g/mol. The lowest BCUT2D eigenvalue weighted by molar-refractivity contribution is 0.0697. The Labute approximate surface area is 112 Å². The predicted octanol–water partition coefficient (Wildman–Crippen LogP) is 3.09. The number of rotatable bonds is 3. The summed E-state index contributed by atoms with van der Waals surface area (Å²) in [5.74, 6) is -0.926. The Morgan fingerprint density at radius 1 is 1.26 bits per heavy atom. The van der Waals surface area contributed by atoms with Gasteiger partial charge in [0.05, 0.1) is 11.3 Å². The summed E-state index contributed by atoms with van der Waals surface area (Å²) in [6, 6.07) is 8.58. The van der Waals surface area contributed by atoms with Crippen molar-refractivity contribution in [2.45, 2.75) is 13.8 Å². The third-order valence-electron chi connectivity index (χ3n) is 3.28. The molecular weight excluding hydrogens is 240 g/mol. The van der Waals surface area contributed by atoms with Crippen molar-refractivity contribution in [2.24, 2.45) is 12.0 Å². The summed E-state index contributed by atoms with van der Waals surface area (Å²) in [5, 5.41) is 8.81. The summed E-state index contributed by atoms with van der Waals surface area (Å²) in [6.45, 7) is 4.09. The summed E-state index contributed by atoms with van der Waals surface area (Å²) < 4.78 is 2.11. The lowest BCUT2D eigenvalue weighted by Crippen LogP contribution is -1.94. The molecule has 4 nitrogen and oxygen atoms in total. The van der Waals surface area contributed by atoms with Gasteiger partial charge in [0.25, 0.3) is 0 Å². The zero-order valence-corrected chi connectivity index (χ0v) is 11.2. The zero-order chi connectivity index (χ0) is 14.0. The largest absolute Gasteiger partial charge is 0.478 e. The van der Waals surface area contributed by atoms with Crippen molar-refractivity contribution in [3.63, 3.8) is 0 Å². The van der Waals surface area contributed by atoms with E-state index in [1.54, 1.807) is 30.5 Å². The second-order valence-corrected chi connectivity index (χ2v) is 4.50. The molecule has 1 heterocycles. The lowest BCUT2D eigenvalue weighted by Gasteiger charge is -1.99. The first-order valence-electron chi connectivity index (χ1n) is 5.99. The van der Waals surface area contributed by atoms with Crippen LogP contribution in [0.15, 0.2) is 35.3 Å². The SMILES string of the molecule is Cc1cc(C=Nc2ccc(C(=O)O)cc2)c(C)n1C. The molecule has 0 radical (unpaired) electrons. The number of carbonyl (C=O) groups is 1. The molecule has 0 unspecified atom stereocenters. The number of carboxylic acid groups (broad SMARTS) is 1. The zero-order valence-electron chi connectivity index (χ0n) is 11.2. The van der Waals surface area contributed by atoms with Crippen molar-refractivity contribution in [1.29, 1.82) is 0 Å². The highest BCUT2D eigenvalue weighted by molar-refractivity contribution is 5.88. The van der Waals surface area contributed by atoms with Crippen LogP contribution in [0.5, 0.6) is 0 Å². The van der Waals surface area contributed by atoms with E-state index in [4.69, 9.17) is 5.11 Å². The van der Waals surface area contributed by atoms with Gasteiger partial charge >= 0.3 is 5.97 Å². The maximum absolute atomic E-state index is 10.7. The first-order valence-corrected chi connectivity index (χ1v) is 5.99. The molecule has 4 heteroatoms. The van der Waals surface area contributed by atoms with Gasteiger partial charge < -0.3 is 9.67 Å². The van der Waals surface area contributed by atoms with Crippen molar-refractivity contribution in [2.75, 3.05) is 0 Å². The van der Waals surface area contributed by atoms with Gasteiger partial charge in [-0.05, 0) is 44.2 Å². The maximum Gasteiger partial charge on any atom is 0.335 e. The Hall–Kier alpha value is -2.36. The third-order valence-corrected chi connectivity index (χ3v) is 3.28. The van der Waals surface area contributed by atoms with E-state index in [2.05, 4.69) is 15.6 Å². The Balaban J connectivity index is 2.22. The van der Waals surface area contributed by atoms with Crippen LogP contribution in [0.1, 0.15) is 27.3 Å². The molecule has 0 fully saturated rings. The number of nitrogens with zero attached hydrogens (tertiary/aromatic N) is 2. The van der Waals surface area contributed by atoms with Crippen molar-refractivity contribution in [1.82, 2.24) is 4.57 Å². The fourth-order valence-corrected chi connectivity index (χ4v) is 1.85. The van der Waals surface area contributed by atoms with Crippen LogP contribution >= 0.6 is 0 Å². The Morgan fingerprint density at radius 2 is 1.89 bits per heavy atom. The van der Waals surface area contributed by atoms with Crippen molar-refractivity contribution < 1.29 is 9.90 Å². The molecule has 2 aromatic rings. The highest BCUT2D eigenvalue weighted by Gasteiger charge is 2.04. The van der Waals surface area contributed by atoms with Gasteiger partial charge in [-0.1, -0.05) is 0 Å². The van der Waals surface area contributed by atoms with Crippen LogP contribution in [0.2, 0.25) is 0 Å². The number of aryl methyl sites for hydroxylation is 1. The molecule has 0 saturated heterocycles. The molecule has 0 aliphatic rings. The fraction of sp³-hybridized carbons (Fsp3) is 0.200. The minimum atomic E-state index is -0.926. The molecule has 0 amide bonds. The fourth-order valence-electron chi connectivity index (χ4n) is 1.85. The predicted molar refractivity (Wildman–Crippen MR) is 75.5 cm³/mol. The van der Waals surface area contributed by atoms with Gasteiger partial charge in [0.15, 0.2) is 0 Å². The molecule has 2 rings (SSSR count). The number of carboxylic acids is 1. The van der Waals surface area contributed by atoms with Crippen LogP contribution in [0.4, 0.5) is 5.69 Å². The minimum absolute atomic E-state index is 0.269. The summed E-state index contributed by atoms with van der Waals surface area (Å²) in [6.07, 6.45) is 1.80. The molecule has 0 atom stereocenters. The van der Waals surface area contributed by atoms with Crippen LogP contribution in [0.25, 0.3) is 0 Å². The smallest absolute Gasteiger partial charge is 0.335 e. The molecule has 19 heavy (non-hydrogen) atoms. The van der Waals surface area contributed by atoms with E-state index in [0.717, 1.165) is 16.9 Å². The summed E-state index contributed by atoms with van der Waals surface area (Å²) in [7, 11) is 2.02. The maximum atomic E-state index is 10.7. The van der Waals surface area contributed by atoms with Gasteiger partial charge in [-0.2, -0.15) is 0 Å². The van der Waals surface area contributed by atoms with Gasteiger partial charge in [-0.25, -0.2) is 4.79 Å². The topological polar surface area (TPSA) is 54.6 Å². The normalized spacial score (nSPS) is 11.1. The van der Waals surface area contributed by atoms with Crippen LogP contribution in [-0.2, 0) is 7.05 Å². The Morgan fingerprint density at radius 3 is 2.37 bits per heavy atom. The van der Waals surface area contributed by atoms with E-state index in [1.165, 1.54) is 5.69 Å². The molecule has 0 aliphatic carbocycles. The van der Waals surface area contributed by atoms with E-state index in [-0.39, 0.29) is 5.56 Å². The number of aromatic carboxylic acids is 1. The number of hydrogen-bond donors (Lipinski definition) is 1. The van der Waals surface area contributed by atoms with Crippen molar-refractivity contribution in [3.05, 3.63) is 52.8 Å². The van der Waals surface area contributed by atoms with E-state index in [0.29, 0.717) is 0 Å². The van der Waals surface area contributed by atoms with Gasteiger partial charge in [0, 0.05) is 30.2 Å². The quantitative estimate of drug-likeness (QED) is 0.858. The first kappa shape index (κ1) is 13.1. The highest BCUT2D eigenvalue weighted by atomic mass is 16.4. The number of benzene rings is 1. The van der Waals surface area contributed by atoms with Gasteiger partial charge in [-0.15, -0.1) is 0 Å². The van der Waals surface area contributed by atoms with E-state index < -0.39 is 5.97 Å². The molecule has 0 bridgehead atoms. The molecule has 1 aromatic heterocycles. The monoisotopic (exact) mass is 256 g/mol. The summed E-state index contributed by atoms with van der Waals surface area (Å²) in [5.41, 5.74) is 4.42. The van der Waals surface area contributed by atoms with Gasteiger partial charge in [0.1, 0.15) is 0 Å². The van der Waals surface area contributed by atoms with Gasteiger partial charge in [0.2, 0.25) is 0 Å². The molecule has 1 N–H and O–H groups in total. The Bertz CT molecular complexity index is 637. The molecule has 1 aromatic carbocycles. The minimum Gasteiger partial charge on any atom is -0.478 e. The second-order valence-electron chi connectivity index (χ2n) is 4.50. The van der Waals surface area contributed by atoms with E-state index in [1.807, 2.05) is 20.9 Å². The number of aliphatic imine (C=N–C) groups is 1. The number of aromatic nitrogens is 1. The second kappa shape index (κ2) is 5.10. The molecule has 0 spiro atoms.